The number of anilines is 1. The fraction of sp³-hybridized carbons (Fsp3) is 0.636. The van der Waals surface area contributed by atoms with Gasteiger partial charge in [-0.25, -0.2) is 0 Å². The van der Waals surface area contributed by atoms with Crippen molar-refractivity contribution in [2.75, 3.05) is 12.3 Å². The molecule has 1 fully saturated rings. The Morgan fingerprint density at radius 1 is 1.69 bits per heavy atom. The van der Waals surface area contributed by atoms with Gasteiger partial charge in [0.15, 0.2) is 0 Å². The number of rotatable bonds is 5. The van der Waals surface area contributed by atoms with E-state index in [0.29, 0.717) is 17.9 Å². The number of aromatic nitrogens is 2. The Balaban J connectivity index is 1.92. The van der Waals surface area contributed by atoms with Gasteiger partial charge in [-0.3, -0.25) is 9.48 Å². The predicted octanol–water partition coefficient (Wildman–Crippen LogP) is 1.02. The summed E-state index contributed by atoms with van der Waals surface area (Å²) in [6.07, 6.45) is 5.22. The Morgan fingerprint density at radius 2 is 2.44 bits per heavy atom. The van der Waals surface area contributed by atoms with Gasteiger partial charge in [0.1, 0.15) is 5.69 Å². The molecule has 1 aromatic rings. The second kappa shape index (κ2) is 4.55. The minimum absolute atomic E-state index is 0.113. The van der Waals surface area contributed by atoms with Crippen LogP contribution in [0.15, 0.2) is 6.20 Å². The topological polar surface area (TPSA) is 72.9 Å². The quantitative estimate of drug-likeness (QED) is 0.781. The van der Waals surface area contributed by atoms with Gasteiger partial charge in [0.05, 0.1) is 11.9 Å². The van der Waals surface area contributed by atoms with Gasteiger partial charge >= 0.3 is 0 Å². The molecule has 0 bridgehead atoms. The lowest BCUT2D eigenvalue weighted by atomic mass is 10.3. The molecule has 0 spiro atoms. The molecule has 2 rings (SSSR count). The van der Waals surface area contributed by atoms with Crippen molar-refractivity contribution in [2.24, 2.45) is 5.92 Å². The van der Waals surface area contributed by atoms with Crippen molar-refractivity contribution >= 4 is 11.6 Å². The molecule has 0 aromatic carbocycles. The van der Waals surface area contributed by atoms with Crippen LogP contribution in [0.2, 0.25) is 0 Å². The van der Waals surface area contributed by atoms with Crippen LogP contribution in [0, 0.1) is 5.92 Å². The maximum absolute atomic E-state index is 11.9. The van der Waals surface area contributed by atoms with E-state index in [1.807, 2.05) is 6.92 Å². The highest BCUT2D eigenvalue weighted by Crippen LogP contribution is 2.31. The number of nitrogen functional groups attached to an aromatic ring is 1. The van der Waals surface area contributed by atoms with Gasteiger partial charge in [-0.2, -0.15) is 5.10 Å². The van der Waals surface area contributed by atoms with Crippen LogP contribution in [0.3, 0.4) is 0 Å². The Kier molecular flexibility index (Phi) is 3.12. The monoisotopic (exact) mass is 222 g/mol. The van der Waals surface area contributed by atoms with E-state index in [-0.39, 0.29) is 5.91 Å². The molecule has 5 heteroatoms. The normalized spacial score (nSPS) is 15.1. The van der Waals surface area contributed by atoms with E-state index in [0.717, 1.165) is 18.9 Å². The zero-order chi connectivity index (χ0) is 11.5. The summed E-state index contributed by atoms with van der Waals surface area (Å²) in [6.45, 7) is 3.33. The molecule has 1 aliphatic carbocycles. The lowest BCUT2D eigenvalue weighted by Gasteiger charge is -2.07. The molecule has 5 nitrogen and oxygen atoms in total. The molecule has 88 valence electrons. The van der Waals surface area contributed by atoms with Gasteiger partial charge in [-0.15, -0.1) is 0 Å². The Hall–Kier alpha value is -1.52. The molecule has 0 atom stereocenters. The maximum atomic E-state index is 11.9. The summed E-state index contributed by atoms with van der Waals surface area (Å²) in [7, 11) is 0. The lowest BCUT2D eigenvalue weighted by molar-refractivity contribution is 0.0943. The van der Waals surface area contributed by atoms with Crippen LogP contribution >= 0.6 is 0 Å². The number of nitrogens with one attached hydrogen (secondary N) is 1. The Bertz CT molecular complexity index is 381. The van der Waals surface area contributed by atoms with E-state index in [1.54, 1.807) is 4.68 Å². The number of carbonyl (C=O) groups excluding carboxylic acids is 1. The van der Waals surface area contributed by atoms with Crippen molar-refractivity contribution in [3.05, 3.63) is 11.9 Å². The zero-order valence-corrected chi connectivity index (χ0v) is 9.57. The first-order valence-corrected chi connectivity index (χ1v) is 5.81. The number of amides is 1. The standard InChI is InChI=1S/C11H18N4O/c1-2-15-10(9(12)7-14-15)11(16)13-6-5-8-3-4-8/h7-8H,2-6,12H2,1H3,(H,13,16). The summed E-state index contributed by atoms with van der Waals surface area (Å²) in [5.74, 6) is 0.714. The number of hydrogen-bond donors (Lipinski definition) is 2. The first-order chi connectivity index (χ1) is 7.72. The average Bonchev–Trinajstić information content (AvgIpc) is 3.00. The predicted molar refractivity (Wildman–Crippen MR) is 62.0 cm³/mol. The van der Waals surface area contributed by atoms with Crippen LogP contribution in [0.25, 0.3) is 0 Å². The summed E-state index contributed by atoms with van der Waals surface area (Å²) in [6, 6.07) is 0. The third kappa shape index (κ3) is 2.35. The molecule has 16 heavy (non-hydrogen) atoms. The van der Waals surface area contributed by atoms with Gasteiger partial charge in [0.25, 0.3) is 5.91 Å². The Labute approximate surface area is 95.0 Å². The molecule has 0 aliphatic heterocycles. The number of nitrogens with two attached hydrogens (primary N) is 1. The fourth-order valence-electron chi connectivity index (χ4n) is 1.77. The van der Waals surface area contributed by atoms with E-state index in [9.17, 15) is 4.79 Å². The first kappa shape index (κ1) is 11.0. The maximum Gasteiger partial charge on any atom is 0.271 e. The molecule has 0 unspecified atom stereocenters. The number of hydrogen-bond acceptors (Lipinski definition) is 3. The van der Waals surface area contributed by atoms with Crippen molar-refractivity contribution in [1.29, 1.82) is 0 Å². The zero-order valence-electron chi connectivity index (χ0n) is 9.57. The third-order valence-electron chi connectivity index (χ3n) is 2.92. The number of aryl methyl sites for hydroxylation is 1. The molecule has 0 radical (unpaired) electrons. The van der Waals surface area contributed by atoms with Gasteiger partial charge in [-0.1, -0.05) is 12.8 Å². The highest BCUT2D eigenvalue weighted by molar-refractivity contribution is 5.97. The first-order valence-electron chi connectivity index (χ1n) is 5.81. The van der Waals surface area contributed by atoms with Crippen LogP contribution in [0.4, 0.5) is 5.69 Å². The summed E-state index contributed by atoms with van der Waals surface area (Å²) in [4.78, 5) is 11.9. The molecule has 1 heterocycles. The SMILES string of the molecule is CCn1ncc(N)c1C(=O)NCCC1CC1. The van der Waals surface area contributed by atoms with Crippen molar-refractivity contribution in [3.63, 3.8) is 0 Å². The molecule has 1 aliphatic rings. The summed E-state index contributed by atoms with van der Waals surface area (Å²) in [5, 5.41) is 6.93. The van der Waals surface area contributed by atoms with Crippen LogP contribution in [0.1, 0.15) is 36.7 Å². The highest BCUT2D eigenvalue weighted by Gasteiger charge is 2.21. The van der Waals surface area contributed by atoms with E-state index < -0.39 is 0 Å². The summed E-state index contributed by atoms with van der Waals surface area (Å²) < 4.78 is 1.63. The van der Waals surface area contributed by atoms with Crippen molar-refractivity contribution in [2.45, 2.75) is 32.7 Å². The largest absolute Gasteiger partial charge is 0.396 e. The van der Waals surface area contributed by atoms with Crippen LogP contribution in [0.5, 0.6) is 0 Å². The third-order valence-corrected chi connectivity index (χ3v) is 2.92. The molecule has 1 amide bonds. The number of nitrogens with zero attached hydrogens (tertiary/aromatic N) is 2. The molecule has 0 saturated heterocycles. The van der Waals surface area contributed by atoms with Crippen LogP contribution < -0.4 is 11.1 Å². The molecular formula is C11H18N4O. The molecule has 1 aromatic heterocycles. The van der Waals surface area contributed by atoms with Gasteiger partial charge in [0.2, 0.25) is 0 Å². The molecule has 3 N–H and O–H groups in total. The summed E-state index contributed by atoms with van der Waals surface area (Å²) in [5.41, 5.74) is 6.65. The van der Waals surface area contributed by atoms with Crippen LogP contribution in [-0.4, -0.2) is 22.2 Å². The van der Waals surface area contributed by atoms with Crippen molar-refractivity contribution in [1.82, 2.24) is 15.1 Å². The van der Waals surface area contributed by atoms with E-state index >= 15 is 0 Å². The van der Waals surface area contributed by atoms with Gasteiger partial charge in [-0.05, 0) is 19.3 Å². The average molecular weight is 222 g/mol. The van der Waals surface area contributed by atoms with Crippen LogP contribution in [-0.2, 0) is 6.54 Å². The minimum Gasteiger partial charge on any atom is -0.396 e. The smallest absolute Gasteiger partial charge is 0.271 e. The fourth-order valence-corrected chi connectivity index (χ4v) is 1.77. The van der Waals surface area contributed by atoms with Crippen molar-refractivity contribution in [3.8, 4) is 0 Å². The minimum atomic E-state index is -0.113. The van der Waals surface area contributed by atoms with E-state index in [2.05, 4.69) is 10.4 Å². The molecule has 1 saturated carbocycles. The number of carbonyl (C=O) groups is 1. The van der Waals surface area contributed by atoms with Gasteiger partial charge in [0, 0.05) is 13.1 Å². The second-order valence-electron chi connectivity index (χ2n) is 4.25. The van der Waals surface area contributed by atoms with E-state index in [4.69, 9.17) is 5.73 Å². The molecular weight excluding hydrogens is 204 g/mol. The summed E-state index contributed by atoms with van der Waals surface area (Å²) >= 11 is 0. The van der Waals surface area contributed by atoms with E-state index in [1.165, 1.54) is 19.0 Å². The van der Waals surface area contributed by atoms with Gasteiger partial charge < -0.3 is 11.1 Å². The lowest BCUT2D eigenvalue weighted by Crippen LogP contribution is -2.28. The van der Waals surface area contributed by atoms with Crippen molar-refractivity contribution < 1.29 is 4.79 Å². The second-order valence-corrected chi connectivity index (χ2v) is 4.25. The Morgan fingerprint density at radius 3 is 3.06 bits per heavy atom. The highest BCUT2D eigenvalue weighted by atomic mass is 16.2.